The number of rotatable bonds is 8. The molecular formula is C33H51NO5. The second kappa shape index (κ2) is 10.7. The summed E-state index contributed by atoms with van der Waals surface area (Å²) in [5.41, 5.74) is -0.397. The highest BCUT2D eigenvalue weighted by Crippen LogP contribution is 2.65. The van der Waals surface area contributed by atoms with Gasteiger partial charge in [-0.1, -0.05) is 41.5 Å². The fraction of sp³-hybridized carbons (Fsp3) is 0.879. The molecule has 1 saturated heterocycles. The Bertz CT molecular complexity index is 997. The zero-order valence-electron chi connectivity index (χ0n) is 25.0. The lowest BCUT2D eigenvalue weighted by atomic mass is 9.41. The highest BCUT2D eigenvalue weighted by molar-refractivity contribution is 6.05. The molecule has 218 valence electrons. The summed E-state index contributed by atoms with van der Waals surface area (Å²) in [7, 11) is 0. The van der Waals surface area contributed by atoms with Crippen LogP contribution in [0.3, 0.4) is 0 Å². The van der Waals surface area contributed by atoms with Crippen molar-refractivity contribution in [1.82, 2.24) is 4.90 Å². The predicted octanol–water partition coefficient (Wildman–Crippen LogP) is 5.16. The van der Waals surface area contributed by atoms with Gasteiger partial charge < -0.3 is 5.11 Å². The zero-order chi connectivity index (χ0) is 28.4. The largest absolute Gasteiger partial charge is 0.396 e. The number of imide groups is 1. The van der Waals surface area contributed by atoms with Gasteiger partial charge in [0.2, 0.25) is 11.8 Å². The van der Waals surface area contributed by atoms with Crippen LogP contribution in [-0.4, -0.2) is 46.5 Å². The van der Waals surface area contributed by atoms with Crippen molar-refractivity contribution in [3.63, 3.8) is 0 Å². The van der Waals surface area contributed by atoms with Crippen LogP contribution in [0, 0.1) is 76.4 Å². The van der Waals surface area contributed by atoms with Gasteiger partial charge in [0, 0.05) is 42.7 Å². The molecule has 0 radical (unpaired) electrons. The van der Waals surface area contributed by atoms with Crippen molar-refractivity contribution in [2.45, 2.75) is 92.9 Å². The van der Waals surface area contributed by atoms with Gasteiger partial charge in [-0.3, -0.25) is 24.1 Å². The monoisotopic (exact) mass is 541 g/mol. The molecule has 6 aliphatic carbocycles. The van der Waals surface area contributed by atoms with Gasteiger partial charge in [0.15, 0.2) is 0 Å². The number of aliphatic hydroxyl groups is 1. The zero-order valence-corrected chi connectivity index (χ0v) is 25.0. The van der Waals surface area contributed by atoms with Crippen LogP contribution in [0.4, 0.5) is 0 Å². The molecule has 7 rings (SSSR count). The molecule has 4 bridgehead atoms. The van der Waals surface area contributed by atoms with E-state index in [1.54, 1.807) is 0 Å². The molecule has 0 aromatic rings. The molecule has 6 nitrogen and oxygen atoms in total. The van der Waals surface area contributed by atoms with Crippen molar-refractivity contribution >= 4 is 23.4 Å². The predicted molar refractivity (Wildman–Crippen MR) is 149 cm³/mol. The van der Waals surface area contributed by atoms with Crippen molar-refractivity contribution in [2.24, 2.45) is 76.4 Å². The Balaban J connectivity index is 1.54. The molecule has 12 unspecified atom stereocenters. The molecule has 12 atom stereocenters. The van der Waals surface area contributed by atoms with Gasteiger partial charge in [-0.2, -0.15) is 0 Å². The second-order valence-electron chi connectivity index (χ2n) is 15.0. The number of hydrogen-bond acceptors (Lipinski definition) is 5. The maximum absolute atomic E-state index is 13.9. The lowest BCUT2D eigenvalue weighted by molar-refractivity contribution is -0.168. The summed E-state index contributed by atoms with van der Waals surface area (Å²) in [4.78, 5) is 55.6. The van der Waals surface area contributed by atoms with Gasteiger partial charge in [0.1, 0.15) is 11.6 Å². The molecule has 6 saturated carbocycles. The van der Waals surface area contributed by atoms with Crippen molar-refractivity contribution < 1.29 is 24.3 Å². The van der Waals surface area contributed by atoms with Crippen LogP contribution >= 0.6 is 0 Å². The van der Waals surface area contributed by atoms with Crippen LogP contribution in [0.15, 0.2) is 0 Å². The molecular weight excluding hydrogens is 490 g/mol. The second-order valence-corrected chi connectivity index (χ2v) is 15.0. The third-order valence-corrected chi connectivity index (χ3v) is 12.1. The van der Waals surface area contributed by atoms with Gasteiger partial charge in [-0.15, -0.1) is 0 Å². The molecule has 7 fully saturated rings. The standard InChI is InChI=1S/C33H51NO5/c1-7-13-34-31(38)18(3)27(32(34)39)28-20-9-11-22(24(16-20)30(37)33(4,5)6)29(28)26-17(2)21-10-8-19(26)15-23(21)25(36)12-14-35/h17-24,26-29,35H,7-16H2,1-6H3. The van der Waals surface area contributed by atoms with E-state index in [0.29, 0.717) is 41.9 Å². The van der Waals surface area contributed by atoms with Crippen LogP contribution in [-0.2, 0) is 19.2 Å². The number of Topliss-reactive ketones (excluding diaryl/α,β-unsaturated/α-hetero) is 2. The van der Waals surface area contributed by atoms with E-state index in [1.807, 2.05) is 34.6 Å². The minimum atomic E-state index is -0.397. The molecule has 1 N–H and O–H groups in total. The molecule has 7 aliphatic rings. The summed E-state index contributed by atoms with van der Waals surface area (Å²) in [5.74, 6) is 2.43. The Kier molecular flexibility index (Phi) is 7.93. The van der Waals surface area contributed by atoms with E-state index in [9.17, 15) is 24.3 Å². The van der Waals surface area contributed by atoms with Crippen LogP contribution in [0.5, 0.6) is 0 Å². The summed E-state index contributed by atoms with van der Waals surface area (Å²) in [5, 5.41) is 9.45. The summed E-state index contributed by atoms with van der Waals surface area (Å²) in [6.45, 7) is 12.8. The molecule has 0 aromatic carbocycles. The number of hydrogen-bond donors (Lipinski definition) is 1. The topological polar surface area (TPSA) is 91.8 Å². The number of ketones is 2. The van der Waals surface area contributed by atoms with Crippen LogP contribution in [0.2, 0.25) is 0 Å². The van der Waals surface area contributed by atoms with Gasteiger partial charge >= 0.3 is 0 Å². The Hall–Kier alpha value is -1.56. The quantitative estimate of drug-likeness (QED) is 0.429. The van der Waals surface area contributed by atoms with Crippen molar-refractivity contribution in [3.8, 4) is 0 Å². The van der Waals surface area contributed by atoms with Gasteiger partial charge in [0.05, 0.1) is 5.92 Å². The molecule has 0 spiro atoms. The summed E-state index contributed by atoms with van der Waals surface area (Å²) >= 11 is 0. The highest BCUT2D eigenvalue weighted by atomic mass is 16.3. The third kappa shape index (κ3) is 4.65. The molecule has 39 heavy (non-hydrogen) atoms. The number of nitrogens with zero attached hydrogens (tertiary/aromatic N) is 1. The summed E-state index contributed by atoms with van der Waals surface area (Å²) in [6.07, 6.45) is 7.00. The average Bonchev–Trinajstić information content (AvgIpc) is 3.11. The number of likely N-dealkylation sites (tertiary alicyclic amines) is 1. The maximum atomic E-state index is 13.9. The van der Waals surface area contributed by atoms with Crippen LogP contribution in [0.1, 0.15) is 92.9 Å². The van der Waals surface area contributed by atoms with Gasteiger partial charge in [0.25, 0.3) is 0 Å². The van der Waals surface area contributed by atoms with Crippen molar-refractivity contribution in [1.29, 1.82) is 0 Å². The highest BCUT2D eigenvalue weighted by Gasteiger charge is 2.63. The SMILES string of the molecule is CCCN1C(=O)C(C)C(C2C3CCC(C(C(=O)C(C)(C)C)C3)C2C2C3CCC(C(C(=O)CCO)C3)C2C)C1=O. The first-order valence-electron chi connectivity index (χ1n) is 15.9. The number of aliphatic hydroxyl groups excluding tert-OH is 1. The first-order chi connectivity index (χ1) is 18.4. The molecule has 1 aliphatic heterocycles. The van der Waals surface area contributed by atoms with Crippen molar-refractivity contribution in [2.75, 3.05) is 13.2 Å². The van der Waals surface area contributed by atoms with E-state index < -0.39 is 5.41 Å². The minimum Gasteiger partial charge on any atom is -0.396 e. The van der Waals surface area contributed by atoms with Gasteiger partial charge in [-0.05, 0) is 92.3 Å². The number of carbonyl (C=O) groups excluding carboxylic acids is 4. The first kappa shape index (κ1) is 29.0. The Morgan fingerprint density at radius 3 is 2.08 bits per heavy atom. The van der Waals surface area contributed by atoms with E-state index in [0.717, 1.165) is 44.9 Å². The smallest absolute Gasteiger partial charge is 0.233 e. The molecule has 2 amide bonds. The summed E-state index contributed by atoms with van der Waals surface area (Å²) in [6, 6.07) is 0. The Labute approximate surface area is 235 Å². The Morgan fingerprint density at radius 2 is 1.49 bits per heavy atom. The van der Waals surface area contributed by atoms with Crippen LogP contribution in [0.25, 0.3) is 0 Å². The van der Waals surface area contributed by atoms with E-state index in [2.05, 4.69) is 6.92 Å². The van der Waals surface area contributed by atoms with E-state index >= 15 is 0 Å². The van der Waals surface area contributed by atoms with Crippen LogP contribution < -0.4 is 0 Å². The number of carbonyl (C=O) groups is 4. The molecule has 6 heteroatoms. The van der Waals surface area contributed by atoms with Gasteiger partial charge in [-0.25, -0.2) is 0 Å². The fourth-order valence-corrected chi connectivity index (χ4v) is 10.7. The molecule has 0 aromatic heterocycles. The molecule has 1 heterocycles. The number of amides is 2. The van der Waals surface area contributed by atoms with E-state index in [1.165, 1.54) is 4.90 Å². The van der Waals surface area contributed by atoms with Crippen molar-refractivity contribution in [3.05, 3.63) is 0 Å². The fourth-order valence-electron chi connectivity index (χ4n) is 10.7. The third-order valence-electron chi connectivity index (χ3n) is 12.1. The lowest BCUT2D eigenvalue weighted by Crippen LogP contribution is -2.59. The van der Waals surface area contributed by atoms with E-state index in [-0.39, 0.29) is 72.1 Å². The Morgan fingerprint density at radius 1 is 0.872 bits per heavy atom. The average molecular weight is 542 g/mol. The lowest BCUT2D eigenvalue weighted by Gasteiger charge is -2.62. The summed E-state index contributed by atoms with van der Waals surface area (Å²) < 4.78 is 0. The first-order valence-corrected chi connectivity index (χ1v) is 15.9. The van der Waals surface area contributed by atoms with E-state index in [4.69, 9.17) is 0 Å². The minimum absolute atomic E-state index is 0.0118. The number of fused-ring (bicyclic) bond motifs is 7. The normalized spacial score (nSPS) is 43.8. The maximum Gasteiger partial charge on any atom is 0.233 e.